The van der Waals surface area contributed by atoms with Crippen LogP contribution in [0.1, 0.15) is 27.7 Å². The maximum atomic E-state index is 8.94. The number of hydrogen-bond donors (Lipinski definition) is 1. The van der Waals surface area contributed by atoms with Crippen molar-refractivity contribution < 1.29 is 28.8 Å². The first-order valence-electron chi connectivity index (χ1n) is 6.96. The van der Waals surface area contributed by atoms with Gasteiger partial charge in [0.15, 0.2) is 17.9 Å². The second kappa shape index (κ2) is 4.76. The zero-order chi connectivity index (χ0) is 14.5. The van der Waals surface area contributed by atoms with Gasteiger partial charge in [0, 0.05) is 0 Å². The van der Waals surface area contributed by atoms with E-state index in [0.29, 0.717) is 0 Å². The monoisotopic (exact) mass is 286 g/mol. The van der Waals surface area contributed by atoms with Crippen molar-refractivity contribution in [3.05, 3.63) is 12.2 Å². The fraction of sp³-hybridized carbons (Fsp3) is 0.857. The van der Waals surface area contributed by atoms with Crippen molar-refractivity contribution >= 4 is 0 Å². The zero-order valence-corrected chi connectivity index (χ0v) is 12.2. The predicted molar refractivity (Wildman–Crippen MR) is 68.7 cm³/mol. The van der Waals surface area contributed by atoms with Gasteiger partial charge < -0.3 is 28.8 Å². The number of fused-ring (bicyclic) bond motifs is 3. The maximum Gasteiger partial charge on any atom is 0.190 e. The van der Waals surface area contributed by atoms with Crippen molar-refractivity contribution in [2.45, 2.75) is 70.0 Å². The molecule has 3 rings (SSSR count). The number of rotatable bonds is 2. The van der Waals surface area contributed by atoms with Crippen LogP contribution in [0, 0.1) is 0 Å². The molecule has 1 N–H and O–H groups in total. The molecule has 0 radical (unpaired) electrons. The van der Waals surface area contributed by atoms with Crippen molar-refractivity contribution in [3.63, 3.8) is 0 Å². The summed E-state index contributed by atoms with van der Waals surface area (Å²) in [5.74, 6) is -1.39. The van der Waals surface area contributed by atoms with Crippen LogP contribution in [-0.4, -0.2) is 54.0 Å². The van der Waals surface area contributed by atoms with E-state index in [9.17, 15) is 0 Å². The third-order valence-corrected chi connectivity index (χ3v) is 3.62. The molecule has 6 nitrogen and oxygen atoms in total. The second-order valence-corrected chi connectivity index (χ2v) is 6.24. The van der Waals surface area contributed by atoms with Gasteiger partial charge in [0.1, 0.15) is 24.4 Å². The molecular weight excluding hydrogens is 264 g/mol. The van der Waals surface area contributed by atoms with E-state index >= 15 is 0 Å². The van der Waals surface area contributed by atoms with Crippen LogP contribution in [0.3, 0.4) is 0 Å². The van der Waals surface area contributed by atoms with E-state index in [2.05, 4.69) is 0 Å². The van der Waals surface area contributed by atoms with Crippen LogP contribution in [-0.2, 0) is 23.7 Å². The van der Waals surface area contributed by atoms with Gasteiger partial charge in [-0.3, -0.25) is 0 Å². The van der Waals surface area contributed by atoms with Gasteiger partial charge in [-0.1, -0.05) is 12.2 Å². The first kappa shape index (κ1) is 14.4. The Kier molecular flexibility index (Phi) is 3.44. The lowest BCUT2D eigenvalue weighted by Gasteiger charge is -2.36. The Bertz CT molecular complexity index is 404. The number of ether oxygens (including phenoxy) is 5. The summed E-state index contributed by atoms with van der Waals surface area (Å²) in [5.41, 5.74) is 0. The predicted octanol–water partition coefficient (Wildman–Crippen LogP) is 0.931. The highest BCUT2D eigenvalue weighted by Gasteiger charge is 2.60. The second-order valence-electron chi connectivity index (χ2n) is 6.24. The van der Waals surface area contributed by atoms with Crippen molar-refractivity contribution in [2.75, 3.05) is 6.61 Å². The van der Waals surface area contributed by atoms with Gasteiger partial charge in [-0.25, -0.2) is 0 Å². The molecule has 0 unspecified atom stereocenters. The lowest BCUT2D eigenvalue weighted by molar-refractivity contribution is -0.222. The molecule has 20 heavy (non-hydrogen) atoms. The molecule has 0 aliphatic carbocycles. The minimum Gasteiger partial charge on any atom is -0.392 e. The Morgan fingerprint density at radius 1 is 0.900 bits per heavy atom. The fourth-order valence-corrected chi connectivity index (χ4v) is 2.99. The van der Waals surface area contributed by atoms with Crippen LogP contribution in [0.15, 0.2) is 12.2 Å². The topological polar surface area (TPSA) is 66.4 Å². The molecular formula is C14H22O6. The summed E-state index contributed by atoms with van der Waals surface area (Å²) in [6, 6.07) is 0. The molecule has 5 atom stereocenters. The Hall–Kier alpha value is -0.500. The average molecular weight is 286 g/mol. The van der Waals surface area contributed by atoms with Crippen molar-refractivity contribution in [2.24, 2.45) is 0 Å². The molecule has 0 saturated carbocycles. The summed E-state index contributed by atoms with van der Waals surface area (Å²) >= 11 is 0. The molecule has 3 fully saturated rings. The largest absolute Gasteiger partial charge is 0.392 e. The molecule has 0 aromatic heterocycles. The summed E-state index contributed by atoms with van der Waals surface area (Å²) in [4.78, 5) is 0. The Morgan fingerprint density at radius 2 is 1.50 bits per heavy atom. The zero-order valence-electron chi connectivity index (χ0n) is 12.2. The van der Waals surface area contributed by atoms with Gasteiger partial charge in [0.25, 0.3) is 0 Å². The summed E-state index contributed by atoms with van der Waals surface area (Å²) in [6.45, 7) is 7.40. The van der Waals surface area contributed by atoms with Crippen LogP contribution in [0.4, 0.5) is 0 Å². The van der Waals surface area contributed by atoms with E-state index in [-0.39, 0.29) is 31.0 Å². The summed E-state index contributed by atoms with van der Waals surface area (Å²) in [7, 11) is 0. The summed E-state index contributed by atoms with van der Waals surface area (Å²) < 4.78 is 29.4. The van der Waals surface area contributed by atoms with Crippen molar-refractivity contribution in [1.29, 1.82) is 0 Å². The lowest BCUT2D eigenvalue weighted by atomic mass is 9.99. The minimum absolute atomic E-state index is 0.0432. The van der Waals surface area contributed by atoms with E-state index < -0.39 is 17.9 Å². The normalized spacial score (nSPS) is 45.5. The van der Waals surface area contributed by atoms with Crippen LogP contribution < -0.4 is 0 Å². The smallest absolute Gasteiger partial charge is 0.190 e. The molecule has 3 aliphatic heterocycles. The van der Waals surface area contributed by atoms with E-state index in [1.165, 1.54) is 0 Å². The Morgan fingerprint density at radius 3 is 2.20 bits per heavy atom. The molecule has 3 saturated heterocycles. The van der Waals surface area contributed by atoms with Gasteiger partial charge in [0.05, 0.1) is 6.61 Å². The van der Waals surface area contributed by atoms with Gasteiger partial charge in [-0.05, 0) is 27.7 Å². The molecule has 0 aromatic rings. The molecule has 114 valence electrons. The molecule has 0 bridgehead atoms. The molecule has 6 heteroatoms. The number of hydrogen-bond acceptors (Lipinski definition) is 6. The minimum atomic E-state index is -0.703. The summed E-state index contributed by atoms with van der Waals surface area (Å²) in [6.07, 6.45) is 1.77. The third-order valence-electron chi connectivity index (χ3n) is 3.62. The van der Waals surface area contributed by atoms with E-state index in [0.717, 1.165) is 0 Å². The standard InChI is InChI=1S/C14H22O6/c1-13(2)17-9-8(6-5-7-15)16-12-11(10(9)18-13)19-14(3,4)20-12/h5-6,8-12,15H,7H2,1-4H3/b6-5-/t8-,9+,10+,11-,12-/m1/s1. The van der Waals surface area contributed by atoms with Gasteiger partial charge >= 0.3 is 0 Å². The third kappa shape index (κ3) is 2.52. The quantitative estimate of drug-likeness (QED) is 0.762. The molecule has 3 aliphatic rings. The number of aliphatic hydroxyl groups excluding tert-OH is 1. The first-order valence-corrected chi connectivity index (χ1v) is 6.96. The van der Waals surface area contributed by atoms with Crippen molar-refractivity contribution in [3.8, 4) is 0 Å². The molecule has 0 aromatic carbocycles. The molecule has 0 amide bonds. The van der Waals surface area contributed by atoms with Gasteiger partial charge in [0.2, 0.25) is 0 Å². The van der Waals surface area contributed by atoms with E-state index in [1.54, 1.807) is 12.2 Å². The first-order chi connectivity index (χ1) is 9.31. The van der Waals surface area contributed by atoms with Gasteiger partial charge in [-0.15, -0.1) is 0 Å². The van der Waals surface area contributed by atoms with Crippen molar-refractivity contribution in [1.82, 2.24) is 0 Å². The van der Waals surface area contributed by atoms with Crippen LogP contribution in [0.25, 0.3) is 0 Å². The summed E-state index contributed by atoms with van der Waals surface area (Å²) in [5, 5.41) is 8.94. The molecule has 3 heterocycles. The number of aliphatic hydroxyl groups is 1. The van der Waals surface area contributed by atoms with E-state index in [4.69, 9.17) is 28.8 Å². The SMILES string of the molecule is CC1(C)O[C@H]2[C@@H](O1)[C@@H](/C=C\CO)O[C@@H]1OC(C)(C)O[C@@H]12. The van der Waals surface area contributed by atoms with Crippen LogP contribution in [0.2, 0.25) is 0 Å². The fourth-order valence-electron chi connectivity index (χ4n) is 2.99. The average Bonchev–Trinajstić information content (AvgIpc) is 2.80. The van der Waals surface area contributed by atoms with Crippen LogP contribution in [0.5, 0.6) is 0 Å². The highest BCUT2D eigenvalue weighted by Crippen LogP contribution is 2.44. The highest BCUT2D eigenvalue weighted by molar-refractivity contribution is 5.06. The Labute approximate surface area is 118 Å². The van der Waals surface area contributed by atoms with Gasteiger partial charge in [-0.2, -0.15) is 0 Å². The van der Waals surface area contributed by atoms with Crippen LogP contribution >= 0.6 is 0 Å². The maximum absolute atomic E-state index is 8.94. The molecule has 0 spiro atoms. The highest BCUT2D eigenvalue weighted by atomic mass is 16.9. The Balaban J connectivity index is 1.86. The van der Waals surface area contributed by atoms with E-state index in [1.807, 2.05) is 27.7 Å². The lowest BCUT2D eigenvalue weighted by Crippen LogP contribution is -2.54.